The van der Waals surface area contributed by atoms with E-state index in [4.69, 9.17) is 0 Å². The number of rotatable bonds is 7. The van der Waals surface area contributed by atoms with Gasteiger partial charge in [-0.2, -0.15) is 8.78 Å². The van der Waals surface area contributed by atoms with Crippen LogP contribution >= 0.6 is 27.7 Å². The summed E-state index contributed by atoms with van der Waals surface area (Å²) in [6, 6.07) is 6.59. The Morgan fingerprint density at radius 2 is 2.06 bits per heavy atom. The van der Waals surface area contributed by atoms with Gasteiger partial charge in [0.05, 0.1) is 5.69 Å². The summed E-state index contributed by atoms with van der Waals surface area (Å²) >= 11 is 3.73. The highest BCUT2D eigenvalue weighted by Gasteiger charge is 2.11. The van der Waals surface area contributed by atoms with Gasteiger partial charge in [-0.15, -0.1) is 0 Å². The maximum atomic E-state index is 12.3. The number of hydrogen-bond acceptors (Lipinski definition) is 2. The van der Waals surface area contributed by atoms with E-state index in [0.717, 1.165) is 18.2 Å². The van der Waals surface area contributed by atoms with E-state index in [2.05, 4.69) is 21.2 Å². The molecule has 0 bridgehead atoms. The van der Waals surface area contributed by atoms with Gasteiger partial charge < -0.3 is 5.32 Å². The molecule has 0 aliphatic heterocycles. The van der Waals surface area contributed by atoms with Crippen LogP contribution < -0.4 is 5.32 Å². The Bertz CT molecular complexity index is 390. The number of para-hydroxylation sites is 1. The zero-order valence-electron chi connectivity index (χ0n) is 9.67. The molecule has 18 heavy (non-hydrogen) atoms. The summed E-state index contributed by atoms with van der Waals surface area (Å²) in [4.78, 5) is 12.0. The summed E-state index contributed by atoms with van der Waals surface area (Å²) in [5.74, 6) is -2.63. The molecular formula is C12H14BrF2NOS. The number of benzene rings is 1. The first-order chi connectivity index (χ1) is 8.63. The smallest absolute Gasteiger partial charge is 0.288 e. The molecule has 0 radical (unpaired) electrons. The van der Waals surface area contributed by atoms with E-state index >= 15 is 0 Å². The maximum Gasteiger partial charge on any atom is 0.288 e. The molecule has 0 aliphatic rings. The Hall–Kier alpha value is -0.620. The number of carbonyl (C=O) groups is 1. The highest BCUT2D eigenvalue weighted by atomic mass is 79.9. The molecule has 0 aromatic heterocycles. The molecule has 0 saturated carbocycles. The number of amides is 1. The standard InChI is InChI=1S/C12H14BrF2NOS/c13-8-4-3-7-11(17)16-9-5-1-2-6-10(9)18-12(14)15/h1-2,5-6,12H,3-4,7-8H2,(H,16,17). The highest BCUT2D eigenvalue weighted by molar-refractivity contribution is 9.09. The summed E-state index contributed by atoms with van der Waals surface area (Å²) in [5.41, 5.74) is 0.451. The predicted octanol–water partition coefficient (Wildman–Crippen LogP) is 4.51. The Morgan fingerprint density at radius 1 is 1.33 bits per heavy atom. The Kier molecular flexibility index (Phi) is 7.27. The third kappa shape index (κ3) is 5.82. The fourth-order valence-electron chi connectivity index (χ4n) is 1.36. The fraction of sp³-hybridized carbons (Fsp3) is 0.417. The molecular weight excluding hydrogens is 324 g/mol. The third-order valence-electron chi connectivity index (χ3n) is 2.16. The lowest BCUT2D eigenvalue weighted by Crippen LogP contribution is -2.11. The van der Waals surface area contributed by atoms with Crippen molar-refractivity contribution in [3.63, 3.8) is 0 Å². The van der Waals surface area contributed by atoms with E-state index in [0.29, 0.717) is 28.8 Å². The van der Waals surface area contributed by atoms with Crippen molar-refractivity contribution < 1.29 is 13.6 Å². The van der Waals surface area contributed by atoms with E-state index < -0.39 is 5.76 Å². The monoisotopic (exact) mass is 337 g/mol. The largest absolute Gasteiger partial charge is 0.325 e. The Morgan fingerprint density at radius 3 is 2.72 bits per heavy atom. The van der Waals surface area contributed by atoms with Crippen molar-refractivity contribution >= 4 is 39.3 Å². The lowest BCUT2D eigenvalue weighted by atomic mass is 10.2. The van der Waals surface area contributed by atoms with Gasteiger partial charge in [0.15, 0.2) is 0 Å². The van der Waals surface area contributed by atoms with Crippen LogP contribution in [-0.2, 0) is 4.79 Å². The van der Waals surface area contributed by atoms with Gasteiger partial charge in [0, 0.05) is 16.6 Å². The fourth-order valence-corrected chi connectivity index (χ4v) is 2.35. The normalized spacial score (nSPS) is 10.7. The molecule has 6 heteroatoms. The Balaban J connectivity index is 2.57. The van der Waals surface area contributed by atoms with Crippen LogP contribution in [0.3, 0.4) is 0 Å². The molecule has 1 amide bonds. The number of anilines is 1. The third-order valence-corrected chi connectivity index (χ3v) is 3.51. The predicted molar refractivity (Wildman–Crippen MR) is 74.6 cm³/mol. The van der Waals surface area contributed by atoms with Gasteiger partial charge in [0.1, 0.15) is 0 Å². The van der Waals surface area contributed by atoms with Crippen LogP contribution in [0.5, 0.6) is 0 Å². The second-order valence-corrected chi connectivity index (χ2v) is 5.39. The van der Waals surface area contributed by atoms with Crippen LogP contribution in [0.25, 0.3) is 0 Å². The van der Waals surface area contributed by atoms with Crippen molar-refractivity contribution in [2.75, 3.05) is 10.6 Å². The number of hydrogen-bond donors (Lipinski definition) is 1. The van der Waals surface area contributed by atoms with Crippen molar-refractivity contribution in [1.82, 2.24) is 0 Å². The average Bonchev–Trinajstić information content (AvgIpc) is 2.31. The van der Waals surface area contributed by atoms with Gasteiger partial charge in [-0.1, -0.05) is 39.8 Å². The zero-order chi connectivity index (χ0) is 13.4. The number of unbranched alkanes of at least 4 members (excludes halogenated alkanes) is 1. The first kappa shape index (κ1) is 15.4. The first-order valence-electron chi connectivity index (χ1n) is 5.53. The van der Waals surface area contributed by atoms with E-state index in [1.54, 1.807) is 24.3 Å². The number of thioether (sulfide) groups is 1. The topological polar surface area (TPSA) is 29.1 Å². The Labute approximate surface area is 118 Å². The lowest BCUT2D eigenvalue weighted by Gasteiger charge is -2.10. The molecule has 1 aromatic carbocycles. The van der Waals surface area contributed by atoms with Crippen LogP contribution in [0.4, 0.5) is 14.5 Å². The number of carbonyl (C=O) groups excluding carboxylic acids is 1. The van der Waals surface area contributed by atoms with Crippen molar-refractivity contribution in [3.8, 4) is 0 Å². The van der Waals surface area contributed by atoms with Gasteiger partial charge in [0.2, 0.25) is 5.91 Å². The molecule has 0 atom stereocenters. The summed E-state index contributed by atoms with van der Waals surface area (Å²) < 4.78 is 24.7. The molecule has 1 N–H and O–H groups in total. The summed E-state index contributed by atoms with van der Waals surface area (Å²) in [6.45, 7) is 0. The molecule has 0 heterocycles. The summed E-state index contributed by atoms with van der Waals surface area (Å²) in [7, 11) is 0. The van der Waals surface area contributed by atoms with E-state index in [9.17, 15) is 13.6 Å². The second kappa shape index (κ2) is 8.48. The molecule has 2 nitrogen and oxygen atoms in total. The molecule has 0 unspecified atom stereocenters. The summed E-state index contributed by atoms with van der Waals surface area (Å²) in [5, 5.41) is 3.53. The molecule has 1 aromatic rings. The van der Waals surface area contributed by atoms with E-state index in [-0.39, 0.29) is 5.91 Å². The van der Waals surface area contributed by atoms with Gasteiger partial charge in [0.25, 0.3) is 5.76 Å². The number of alkyl halides is 3. The van der Waals surface area contributed by atoms with Gasteiger partial charge in [-0.25, -0.2) is 0 Å². The number of nitrogens with one attached hydrogen (secondary N) is 1. The van der Waals surface area contributed by atoms with Crippen molar-refractivity contribution in [2.24, 2.45) is 0 Å². The quantitative estimate of drug-likeness (QED) is 0.450. The minimum absolute atomic E-state index is 0.140. The minimum atomic E-state index is -2.49. The zero-order valence-corrected chi connectivity index (χ0v) is 12.1. The molecule has 100 valence electrons. The second-order valence-electron chi connectivity index (χ2n) is 3.57. The maximum absolute atomic E-state index is 12.3. The molecule has 0 spiro atoms. The van der Waals surface area contributed by atoms with Crippen molar-refractivity contribution in [1.29, 1.82) is 0 Å². The molecule has 0 fully saturated rings. The van der Waals surface area contributed by atoms with E-state index in [1.807, 2.05) is 0 Å². The van der Waals surface area contributed by atoms with Crippen molar-refractivity contribution in [2.45, 2.75) is 29.9 Å². The van der Waals surface area contributed by atoms with Crippen LogP contribution in [0.1, 0.15) is 19.3 Å². The SMILES string of the molecule is O=C(CCCCBr)Nc1ccccc1SC(F)F. The van der Waals surface area contributed by atoms with Gasteiger partial charge in [-0.3, -0.25) is 4.79 Å². The van der Waals surface area contributed by atoms with E-state index in [1.165, 1.54) is 0 Å². The van der Waals surface area contributed by atoms with Crippen LogP contribution in [0.2, 0.25) is 0 Å². The van der Waals surface area contributed by atoms with Crippen LogP contribution in [-0.4, -0.2) is 17.0 Å². The van der Waals surface area contributed by atoms with Crippen molar-refractivity contribution in [3.05, 3.63) is 24.3 Å². The van der Waals surface area contributed by atoms with Crippen LogP contribution in [0.15, 0.2) is 29.2 Å². The highest BCUT2D eigenvalue weighted by Crippen LogP contribution is 2.31. The average molecular weight is 338 g/mol. The van der Waals surface area contributed by atoms with Gasteiger partial charge >= 0.3 is 0 Å². The summed E-state index contributed by atoms with van der Waals surface area (Å²) in [6.07, 6.45) is 2.10. The molecule has 0 aliphatic carbocycles. The lowest BCUT2D eigenvalue weighted by molar-refractivity contribution is -0.116. The molecule has 0 saturated heterocycles. The molecule has 1 rings (SSSR count). The van der Waals surface area contributed by atoms with Gasteiger partial charge in [-0.05, 0) is 25.0 Å². The first-order valence-corrected chi connectivity index (χ1v) is 7.53. The number of halogens is 3. The van der Waals surface area contributed by atoms with Crippen LogP contribution in [0, 0.1) is 0 Å². The minimum Gasteiger partial charge on any atom is -0.325 e.